The van der Waals surface area contributed by atoms with Crippen LogP contribution in [0.15, 0.2) is 12.1 Å². The molecule has 4 amide bonds. The van der Waals surface area contributed by atoms with Crippen molar-refractivity contribution in [1.29, 1.82) is 0 Å². The molecule has 326 valence electrons. The average molecular weight is 917 g/mol. The summed E-state index contributed by atoms with van der Waals surface area (Å²) < 4.78 is 4.38. The van der Waals surface area contributed by atoms with Crippen molar-refractivity contribution in [3.05, 3.63) is 45.8 Å². The first-order valence-electron chi connectivity index (χ1n) is 24.5. The molecule has 2 aromatic carbocycles. The van der Waals surface area contributed by atoms with Crippen LogP contribution in [0.5, 0.6) is 0 Å². The zero-order chi connectivity index (χ0) is 42.6. The predicted octanol–water partition coefficient (Wildman–Crippen LogP) is 14.5. The minimum atomic E-state index is -3.48. The SMILES string of the molecule is [C-]#[N+]c1cc2c3c([c]([Sn]([CH2]CCC)([CH2]CCC)[CH2]CCC)cc4c3c1C(=O)N(CCCCCCCCCCCC)C4=O)C(=O)N(CCCCCCCCCCCC)C2=O. The van der Waals surface area contributed by atoms with E-state index in [0.29, 0.717) is 40.6 Å². The van der Waals surface area contributed by atoms with E-state index in [1.54, 1.807) is 6.07 Å². The van der Waals surface area contributed by atoms with Gasteiger partial charge >= 0.3 is 306 Å². The number of hydrogen-bond acceptors (Lipinski definition) is 4. The number of rotatable bonds is 32. The maximum absolute atomic E-state index is 15.1. The first-order chi connectivity index (χ1) is 28.8. The molecule has 2 aliphatic heterocycles. The Balaban J connectivity index is 1.73. The van der Waals surface area contributed by atoms with E-state index < -0.39 is 24.3 Å². The maximum atomic E-state index is 15.1. The van der Waals surface area contributed by atoms with Crippen molar-refractivity contribution in [2.45, 2.75) is 215 Å². The third-order valence-electron chi connectivity index (χ3n) is 13.4. The molecule has 0 radical (unpaired) electrons. The zero-order valence-corrected chi connectivity index (χ0v) is 40.9. The van der Waals surface area contributed by atoms with E-state index >= 15 is 4.79 Å². The summed E-state index contributed by atoms with van der Waals surface area (Å²) in [7, 11) is 0. The summed E-state index contributed by atoms with van der Waals surface area (Å²) in [6.45, 7) is 20.1. The molecule has 0 fully saturated rings. The molecule has 2 heterocycles. The van der Waals surface area contributed by atoms with E-state index in [9.17, 15) is 14.4 Å². The molecule has 59 heavy (non-hydrogen) atoms. The van der Waals surface area contributed by atoms with E-state index in [-0.39, 0.29) is 29.0 Å². The van der Waals surface area contributed by atoms with Gasteiger partial charge in [0.1, 0.15) is 0 Å². The predicted molar refractivity (Wildman–Crippen MR) is 249 cm³/mol. The van der Waals surface area contributed by atoms with Gasteiger partial charge in [-0.1, -0.05) is 58.8 Å². The summed E-state index contributed by atoms with van der Waals surface area (Å²) in [4.78, 5) is 65.6. The van der Waals surface area contributed by atoms with E-state index in [2.05, 4.69) is 45.5 Å². The van der Waals surface area contributed by atoms with Crippen LogP contribution in [0.1, 0.15) is 243 Å². The van der Waals surface area contributed by atoms with Crippen LogP contribution >= 0.6 is 0 Å². The van der Waals surface area contributed by atoms with Crippen LogP contribution in [0.4, 0.5) is 5.69 Å². The molecule has 7 nitrogen and oxygen atoms in total. The van der Waals surface area contributed by atoms with Crippen LogP contribution in [0.3, 0.4) is 0 Å². The normalized spacial score (nSPS) is 14.0. The molecule has 4 rings (SSSR count). The summed E-state index contributed by atoms with van der Waals surface area (Å²) in [6.07, 6.45) is 29.6. The van der Waals surface area contributed by atoms with Gasteiger partial charge in [0.15, 0.2) is 0 Å². The fourth-order valence-electron chi connectivity index (χ4n) is 9.89. The number of amides is 4. The zero-order valence-electron chi connectivity index (χ0n) is 38.0. The van der Waals surface area contributed by atoms with Gasteiger partial charge in [-0.15, -0.1) is 0 Å². The van der Waals surface area contributed by atoms with Gasteiger partial charge in [-0.3, -0.25) is 0 Å². The minimum absolute atomic E-state index is 0.109. The second-order valence-electron chi connectivity index (χ2n) is 18.0. The number of carbonyl (C=O) groups is 4. The summed E-state index contributed by atoms with van der Waals surface area (Å²) in [6, 6.07) is 3.65. The number of nitrogens with zero attached hydrogens (tertiary/aromatic N) is 3. The molecule has 2 aromatic rings. The molecule has 0 atom stereocenters. The molecule has 0 N–H and O–H groups in total. The van der Waals surface area contributed by atoms with E-state index in [0.717, 1.165) is 100 Å². The molecule has 0 bridgehead atoms. The molecule has 0 saturated carbocycles. The van der Waals surface area contributed by atoms with Gasteiger partial charge in [-0.2, -0.15) is 0 Å². The van der Waals surface area contributed by atoms with Gasteiger partial charge in [0.2, 0.25) is 0 Å². The second-order valence-corrected chi connectivity index (χ2v) is 31.1. The first-order valence-corrected chi connectivity index (χ1v) is 32.0. The van der Waals surface area contributed by atoms with Crippen molar-refractivity contribution < 1.29 is 19.2 Å². The number of unbranched alkanes of at least 4 members (excludes halogenated alkanes) is 21. The number of hydrogen-bond donors (Lipinski definition) is 0. The van der Waals surface area contributed by atoms with E-state index in [1.165, 1.54) is 93.3 Å². The molecule has 0 saturated heterocycles. The molecule has 0 aliphatic carbocycles. The second kappa shape index (κ2) is 25.9. The summed E-state index contributed by atoms with van der Waals surface area (Å²) >= 11 is -3.48. The van der Waals surface area contributed by atoms with Crippen molar-refractivity contribution in [1.82, 2.24) is 9.80 Å². The Kier molecular flexibility index (Phi) is 21.5. The van der Waals surface area contributed by atoms with Crippen LogP contribution in [-0.4, -0.2) is 64.9 Å². The molecule has 0 spiro atoms. The number of imide groups is 2. The summed E-state index contributed by atoms with van der Waals surface area (Å²) in [5, 5.41) is 0.864. The van der Waals surface area contributed by atoms with Crippen LogP contribution in [0.25, 0.3) is 15.6 Å². The van der Waals surface area contributed by atoms with Crippen LogP contribution < -0.4 is 3.58 Å². The summed E-state index contributed by atoms with van der Waals surface area (Å²) in [5.74, 6) is -1.42. The average Bonchev–Trinajstić information content (AvgIpc) is 3.24. The quantitative estimate of drug-likeness (QED) is 0.0317. The third kappa shape index (κ3) is 12.4. The Labute approximate surface area is 362 Å². The third-order valence-corrected chi connectivity index (χ3v) is 29.1. The van der Waals surface area contributed by atoms with Crippen LogP contribution in [0, 0.1) is 6.57 Å². The van der Waals surface area contributed by atoms with Gasteiger partial charge < -0.3 is 0 Å². The topological polar surface area (TPSA) is 79.1 Å². The van der Waals surface area contributed by atoms with Crippen molar-refractivity contribution in [2.24, 2.45) is 0 Å². The van der Waals surface area contributed by atoms with Gasteiger partial charge in [0.05, 0.1) is 0 Å². The Morgan fingerprint density at radius 3 is 1.17 bits per heavy atom. The van der Waals surface area contributed by atoms with Gasteiger partial charge in [-0.05, 0) is 0 Å². The molecule has 8 heteroatoms. The van der Waals surface area contributed by atoms with Crippen molar-refractivity contribution in [2.75, 3.05) is 13.1 Å². The van der Waals surface area contributed by atoms with Gasteiger partial charge in [0.25, 0.3) is 0 Å². The fourth-order valence-corrected chi connectivity index (χ4v) is 26.6. The molecule has 0 aromatic heterocycles. The molecule has 0 unspecified atom stereocenters. The van der Waals surface area contributed by atoms with Crippen molar-refractivity contribution in [3.63, 3.8) is 0 Å². The molecular formula is C51H79N3O4Sn. The van der Waals surface area contributed by atoms with E-state index in [1.807, 2.05) is 0 Å². The standard InChI is InChI=1S/C39H52N3O4.3C4H9.Sn/c1-4-6-8-10-12-14-16-18-20-22-26-41-36(43)29-24-25-30-34-33(29)31(38(41)45)28-32(40-3)35(34)39(46)42(37(30)44)27-23-21-19-17-15-13-11-9-7-5-2;3*1-3-4-2;/h25,28H,4-23,26-27H2,1-2H3;3*1,3-4H2,2H3;. The molecule has 2 aliphatic rings. The first kappa shape index (κ1) is 48.9. The summed E-state index contributed by atoms with van der Waals surface area (Å²) in [5.41, 5.74) is 1.66. The number of carbonyl (C=O) groups excluding carboxylic acids is 4. The van der Waals surface area contributed by atoms with Gasteiger partial charge in [0, 0.05) is 0 Å². The van der Waals surface area contributed by atoms with E-state index in [4.69, 9.17) is 6.57 Å². The molecular weight excluding hydrogens is 837 g/mol. The monoisotopic (exact) mass is 918 g/mol. The Bertz CT molecular complexity index is 1720. The van der Waals surface area contributed by atoms with Crippen molar-refractivity contribution >= 4 is 62.0 Å². The Morgan fingerprint density at radius 1 is 0.441 bits per heavy atom. The van der Waals surface area contributed by atoms with Gasteiger partial charge in [-0.25, -0.2) is 0 Å². The Hall–Kier alpha value is -2.73. The number of benzene rings is 2. The van der Waals surface area contributed by atoms with Crippen LogP contribution in [0.2, 0.25) is 13.3 Å². The fraction of sp³-hybridized carbons (Fsp3) is 0.706. The van der Waals surface area contributed by atoms with Crippen molar-refractivity contribution in [3.8, 4) is 0 Å². The Morgan fingerprint density at radius 2 is 0.780 bits per heavy atom. The van der Waals surface area contributed by atoms with Crippen LogP contribution in [-0.2, 0) is 0 Å².